The molecule has 0 aliphatic heterocycles. The number of nitrogens with one attached hydrogen (secondary N) is 1. The van der Waals surface area contributed by atoms with Crippen LogP contribution in [0.4, 0.5) is 4.79 Å². The van der Waals surface area contributed by atoms with Crippen molar-refractivity contribution in [3.8, 4) is 11.5 Å². The van der Waals surface area contributed by atoms with Gasteiger partial charge < -0.3 is 24.4 Å². The SMILES string of the molecule is CCCNC(CCCCCN(CCc1ccc(S(N)(=O)=O)cc1)C(=O)OCc1ccccc1)C1CCc2c(ccc(OCc3ccccc3)c2OCc2ccccc2)C1. The van der Waals surface area contributed by atoms with Crippen molar-refractivity contribution < 1.29 is 27.4 Å². The van der Waals surface area contributed by atoms with Gasteiger partial charge in [0.1, 0.15) is 19.8 Å². The molecule has 3 N–H and O–H groups in total. The van der Waals surface area contributed by atoms with Crippen LogP contribution in [0.15, 0.2) is 132 Å². The topological polar surface area (TPSA) is 120 Å². The van der Waals surface area contributed by atoms with Crippen molar-refractivity contribution >= 4 is 16.1 Å². The fraction of sp³-hybridized carbons (Fsp3) is 0.367. The maximum Gasteiger partial charge on any atom is 0.410 e. The monoisotopic (exact) mass is 817 g/mol. The van der Waals surface area contributed by atoms with E-state index in [1.807, 2.05) is 66.7 Å². The largest absolute Gasteiger partial charge is 0.485 e. The van der Waals surface area contributed by atoms with Crippen LogP contribution in [0.5, 0.6) is 11.5 Å². The highest BCUT2D eigenvalue weighted by molar-refractivity contribution is 7.89. The van der Waals surface area contributed by atoms with Crippen molar-refractivity contribution in [3.05, 3.63) is 161 Å². The Kier molecular flexibility index (Phi) is 16.4. The van der Waals surface area contributed by atoms with Gasteiger partial charge in [0.15, 0.2) is 11.5 Å². The van der Waals surface area contributed by atoms with E-state index in [0.29, 0.717) is 44.7 Å². The van der Waals surface area contributed by atoms with Crippen LogP contribution in [0.1, 0.15) is 78.8 Å². The first-order chi connectivity index (χ1) is 28.8. The smallest absolute Gasteiger partial charge is 0.410 e. The van der Waals surface area contributed by atoms with Gasteiger partial charge in [0.05, 0.1) is 4.90 Å². The van der Waals surface area contributed by atoms with Gasteiger partial charge in [-0.25, -0.2) is 18.4 Å². The third-order valence-electron chi connectivity index (χ3n) is 11.1. The zero-order valence-corrected chi connectivity index (χ0v) is 35.1. The number of ether oxygens (including phenoxy) is 3. The van der Waals surface area contributed by atoms with Crippen LogP contribution in [0.25, 0.3) is 0 Å². The average molecular weight is 818 g/mol. The molecule has 2 unspecified atom stereocenters. The number of hydrogen-bond donors (Lipinski definition) is 2. The molecule has 9 nitrogen and oxygen atoms in total. The van der Waals surface area contributed by atoms with Crippen molar-refractivity contribution in [1.82, 2.24) is 10.2 Å². The molecule has 0 heterocycles. The predicted octanol–water partition coefficient (Wildman–Crippen LogP) is 9.41. The van der Waals surface area contributed by atoms with E-state index >= 15 is 0 Å². The van der Waals surface area contributed by atoms with Crippen molar-refractivity contribution in [3.63, 3.8) is 0 Å². The minimum atomic E-state index is -3.77. The maximum atomic E-state index is 13.4. The lowest BCUT2D eigenvalue weighted by Gasteiger charge is -2.33. The van der Waals surface area contributed by atoms with Gasteiger partial charge in [0, 0.05) is 24.7 Å². The summed E-state index contributed by atoms with van der Waals surface area (Å²) in [6, 6.07) is 41.5. The highest BCUT2D eigenvalue weighted by Gasteiger charge is 2.29. The summed E-state index contributed by atoms with van der Waals surface area (Å²) >= 11 is 0. The minimum absolute atomic E-state index is 0.0698. The van der Waals surface area contributed by atoms with E-state index in [-0.39, 0.29) is 17.6 Å². The van der Waals surface area contributed by atoms with Gasteiger partial charge in [-0.15, -0.1) is 0 Å². The van der Waals surface area contributed by atoms with Crippen molar-refractivity contribution in [2.45, 2.75) is 95.5 Å². The lowest BCUT2D eigenvalue weighted by atomic mass is 9.78. The first-order valence-corrected chi connectivity index (χ1v) is 22.6. The van der Waals surface area contributed by atoms with Crippen LogP contribution < -0.4 is 19.9 Å². The molecule has 1 amide bonds. The van der Waals surface area contributed by atoms with E-state index in [1.165, 1.54) is 23.3 Å². The number of nitrogens with two attached hydrogens (primary N) is 1. The minimum Gasteiger partial charge on any atom is -0.485 e. The Balaban J connectivity index is 1.06. The van der Waals surface area contributed by atoms with Crippen LogP contribution in [0.2, 0.25) is 0 Å². The quantitative estimate of drug-likeness (QED) is 0.0668. The molecule has 0 fully saturated rings. The number of primary sulfonamides is 1. The summed E-state index contributed by atoms with van der Waals surface area (Å²) in [4.78, 5) is 15.2. The molecule has 0 bridgehead atoms. The summed E-state index contributed by atoms with van der Waals surface area (Å²) in [6.45, 7) is 5.40. The number of carbonyl (C=O) groups excluding carboxylic acids is 1. The van der Waals surface area contributed by atoms with Crippen molar-refractivity contribution in [2.24, 2.45) is 11.1 Å². The van der Waals surface area contributed by atoms with Crippen LogP contribution in [0.3, 0.4) is 0 Å². The number of hydrogen-bond acceptors (Lipinski definition) is 7. The first-order valence-electron chi connectivity index (χ1n) is 21.1. The highest BCUT2D eigenvalue weighted by atomic mass is 32.2. The number of sulfonamides is 1. The van der Waals surface area contributed by atoms with E-state index < -0.39 is 10.0 Å². The molecule has 1 aliphatic carbocycles. The summed E-state index contributed by atoms with van der Waals surface area (Å²) in [7, 11) is -3.77. The number of amides is 1. The lowest BCUT2D eigenvalue weighted by molar-refractivity contribution is 0.0957. The van der Waals surface area contributed by atoms with Gasteiger partial charge in [0.2, 0.25) is 10.0 Å². The van der Waals surface area contributed by atoms with Crippen LogP contribution in [-0.4, -0.2) is 45.1 Å². The van der Waals surface area contributed by atoms with Gasteiger partial charge in [-0.05, 0) is 103 Å². The second kappa shape index (κ2) is 22.3. The molecule has 1 aliphatic rings. The van der Waals surface area contributed by atoms with Crippen LogP contribution in [-0.2, 0) is 53.8 Å². The molecule has 312 valence electrons. The molecule has 2 atom stereocenters. The molecule has 5 aromatic rings. The van der Waals surface area contributed by atoms with E-state index in [4.69, 9.17) is 19.3 Å². The Labute approximate surface area is 351 Å². The second-order valence-corrected chi connectivity index (χ2v) is 17.0. The number of rotatable bonds is 22. The summed E-state index contributed by atoms with van der Waals surface area (Å²) in [5.41, 5.74) is 6.70. The number of carbonyl (C=O) groups is 1. The third-order valence-corrected chi connectivity index (χ3v) is 12.0. The van der Waals surface area contributed by atoms with Gasteiger partial charge in [-0.2, -0.15) is 0 Å². The van der Waals surface area contributed by atoms with E-state index in [0.717, 1.165) is 91.7 Å². The Morgan fingerprint density at radius 2 is 1.37 bits per heavy atom. The number of benzene rings is 5. The number of nitrogens with zero attached hydrogens (tertiary/aromatic N) is 1. The lowest BCUT2D eigenvalue weighted by Crippen LogP contribution is -2.39. The molecule has 5 aromatic carbocycles. The normalized spacial score (nSPS) is 14.2. The third kappa shape index (κ3) is 13.4. The average Bonchev–Trinajstić information content (AvgIpc) is 3.26. The van der Waals surface area contributed by atoms with Gasteiger partial charge in [-0.3, -0.25) is 0 Å². The van der Waals surface area contributed by atoms with Gasteiger partial charge in [-0.1, -0.05) is 129 Å². The molecular formula is C49H59N3O6S. The Bertz CT molecular complexity index is 2130. The fourth-order valence-corrected chi connectivity index (χ4v) is 8.32. The zero-order valence-electron chi connectivity index (χ0n) is 34.3. The van der Waals surface area contributed by atoms with Crippen LogP contribution >= 0.6 is 0 Å². The van der Waals surface area contributed by atoms with E-state index in [2.05, 4.69) is 48.6 Å². The van der Waals surface area contributed by atoms with Crippen molar-refractivity contribution in [2.75, 3.05) is 19.6 Å². The summed E-state index contributed by atoms with van der Waals surface area (Å²) in [6.07, 6.45) is 8.22. The number of unbranched alkanes of at least 4 members (excludes halogenated alkanes) is 2. The molecule has 0 spiro atoms. The van der Waals surface area contributed by atoms with Crippen molar-refractivity contribution in [1.29, 1.82) is 0 Å². The Morgan fingerprint density at radius 3 is 2.00 bits per heavy atom. The zero-order chi connectivity index (χ0) is 41.3. The van der Waals surface area contributed by atoms with E-state index in [1.54, 1.807) is 17.0 Å². The van der Waals surface area contributed by atoms with Crippen LogP contribution in [0, 0.1) is 5.92 Å². The standard InChI is InChI=1S/C49H59N3O6S/c1-2-31-51-46(21-13-6-14-32-52(49(53)58-37-41-19-11-5-12-20-41)33-30-38-22-26-44(27-23-38)59(50,54)55)43-24-28-45-42(34-43)25-29-47(56-35-39-15-7-3-8-16-39)48(45)57-36-40-17-9-4-10-18-40/h3-5,7-12,15-20,22-23,25-27,29,43,46,51H,2,6,13-14,21,24,28,30-37H2,1H3,(H2,50,54,55). The molecule has 0 saturated carbocycles. The number of fused-ring (bicyclic) bond motifs is 1. The summed E-state index contributed by atoms with van der Waals surface area (Å²) < 4.78 is 42.2. The predicted molar refractivity (Wildman–Crippen MR) is 234 cm³/mol. The molecule has 0 saturated heterocycles. The second-order valence-electron chi connectivity index (χ2n) is 15.5. The Hall–Kier alpha value is -5.16. The maximum absolute atomic E-state index is 13.4. The molecular weight excluding hydrogens is 759 g/mol. The van der Waals surface area contributed by atoms with Gasteiger partial charge in [0.25, 0.3) is 0 Å². The highest BCUT2D eigenvalue weighted by Crippen LogP contribution is 2.41. The Morgan fingerprint density at radius 1 is 0.746 bits per heavy atom. The molecule has 10 heteroatoms. The fourth-order valence-electron chi connectivity index (χ4n) is 7.80. The molecule has 0 radical (unpaired) electrons. The molecule has 6 rings (SSSR count). The molecule has 0 aromatic heterocycles. The van der Waals surface area contributed by atoms with Gasteiger partial charge >= 0.3 is 6.09 Å². The first kappa shape index (κ1) is 43.4. The summed E-state index contributed by atoms with van der Waals surface area (Å²) in [5.74, 6) is 2.16. The summed E-state index contributed by atoms with van der Waals surface area (Å²) in [5, 5.41) is 9.18. The molecule has 59 heavy (non-hydrogen) atoms. The van der Waals surface area contributed by atoms with E-state index in [9.17, 15) is 13.2 Å².